The summed E-state index contributed by atoms with van der Waals surface area (Å²) in [4.78, 5) is 20.5. The predicted octanol–water partition coefficient (Wildman–Crippen LogP) is 2.53. The average molecular weight is 333 g/mol. The van der Waals surface area contributed by atoms with Gasteiger partial charge in [-0.3, -0.25) is 9.48 Å². The zero-order valence-electron chi connectivity index (χ0n) is 14.0. The van der Waals surface area contributed by atoms with Crippen molar-refractivity contribution in [2.45, 2.75) is 39.4 Å². The van der Waals surface area contributed by atoms with Crippen LogP contribution in [0.1, 0.15) is 26.5 Å². The molecule has 0 spiro atoms. The maximum atomic E-state index is 11.8. The van der Waals surface area contributed by atoms with Crippen LogP contribution in [-0.2, 0) is 11.3 Å². The Labute approximate surface area is 141 Å². The fourth-order valence-electron chi connectivity index (χ4n) is 2.08. The molecular formula is C16H23N5OS. The smallest absolute Gasteiger partial charge is 0.230 e. The molecule has 124 valence electrons. The van der Waals surface area contributed by atoms with Crippen molar-refractivity contribution in [3.8, 4) is 11.3 Å². The van der Waals surface area contributed by atoms with Crippen LogP contribution in [0, 0.1) is 12.8 Å². The molecule has 7 heteroatoms. The lowest BCUT2D eigenvalue weighted by molar-refractivity contribution is -0.118. The van der Waals surface area contributed by atoms with Gasteiger partial charge >= 0.3 is 0 Å². The first-order valence-corrected chi connectivity index (χ1v) is 8.75. The Kier molecular flexibility index (Phi) is 6.15. The molecule has 0 aliphatic heterocycles. The van der Waals surface area contributed by atoms with Crippen LogP contribution < -0.4 is 5.32 Å². The molecule has 0 unspecified atom stereocenters. The van der Waals surface area contributed by atoms with Gasteiger partial charge in [0.05, 0.1) is 17.6 Å². The lowest BCUT2D eigenvalue weighted by Crippen LogP contribution is -2.28. The highest BCUT2D eigenvalue weighted by Gasteiger charge is 2.11. The highest BCUT2D eigenvalue weighted by molar-refractivity contribution is 7.99. The number of nitrogens with one attached hydrogen (secondary N) is 1. The van der Waals surface area contributed by atoms with E-state index >= 15 is 0 Å². The number of hydrogen-bond donors (Lipinski definition) is 1. The number of carbonyl (C=O) groups is 1. The summed E-state index contributed by atoms with van der Waals surface area (Å²) in [5.41, 5.74) is 2.92. The Morgan fingerprint density at radius 3 is 2.87 bits per heavy atom. The van der Waals surface area contributed by atoms with Crippen molar-refractivity contribution < 1.29 is 4.79 Å². The van der Waals surface area contributed by atoms with E-state index in [1.54, 1.807) is 6.20 Å². The van der Waals surface area contributed by atoms with Gasteiger partial charge in [-0.05, 0) is 25.8 Å². The van der Waals surface area contributed by atoms with E-state index in [1.165, 1.54) is 11.8 Å². The number of carbonyl (C=O) groups excluding carboxylic acids is 1. The minimum Gasteiger partial charge on any atom is -0.355 e. The molecule has 0 bridgehead atoms. The molecule has 2 heterocycles. The van der Waals surface area contributed by atoms with Gasteiger partial charge in [0, 0.05) is 30.5 Å². The summed E-state index contributed by atoms with van der Waals surface area (Å²) in [5, 5.41) is 7.83. The zero-order valence-corrected chi connectivity index (χ0v) is 14.9. The summed E-state index contributed by atoms with van der Waals surface area (Å²) < 4.78 is 1.93. The number of amides is 1. The molecular weight excluding hydrogens is 310 g/mol. The van der Waals surface area contributed by atoms with E-state index in [4.69, 9.17) is 0 Å². The van der Waals surface area contributed by atoms with E-state index < -0.39 is 0 Å². The van der Waals surface area contributed by atoms with Gasteiger partial charge in [0.15, 0.2) is 5.16 Å². The summed E-state index contributed by atoms with van der Waals surface area (Å²) in [5.74, 6) is 0.776. The van der Waals surface area contributed by atoms with Crippen LogP contribution in [0.4, 0.5) is 0 Å². The Hall–Kier alpha value is -1.89. The molecule has 0 aliphatic rings. The molecule has 0 aromatic carbocycles. The summed E-state index contributed by atoms with van der Waals surface area (Å²) >= 11 is 1.35. The van der Waals surface area contributed by atoms with E-state index in [1.807, 2.05) is 23.9 Å². The second kappa shape index (κ2) is 8.10. The van der Waals surface area contributed by atoms with Gasteiger partial charge < -0.3 is 5.32 Å². The second-order valence-electron chi connectivity index (χ2n) is 5.67. The Morgan fingerprint density at radius 1 is 1.43 bits per heavy atom. The lowest BCUT2D eigenvalue weighted by atomic mass is 10.2. The molecule has 2 aromatic rings. The van der Waals surface area contributed by atoms with Crippen LogP contribution >= 0.6 is 11.8 Å². The van der Waals surface area contributed by atoms with E-state index in [2.05, 4.69) is 41.2 Å². The van der Waals surface area contributed by atoms with Crippen LogP contribution in [0.15, 0.2) is 23.6 Å². The quantitative estimate of drug-likeness (QED) is 0.623. The molecule has 0 aliphatic carbocycles. The highest BCUT2D eigenvalue weighted by atomic mass is 32.2. The fourth-order valence-corrected chi connectivity index (χ4v) is 2.74. The zero-order chi connectivity index (χ0) is 16.8. The van der Waals surface area contributed by atoms with Crippen molar-refractivity contribution in [3.05, 3.63) is 24.2 Å². The molecule has 2 aromatic heterocycles. The predicted molar refractivity (Wildman–Crippen MR) is 92.2 cm³/mol. The van der Waals surface area contributed by atoms with Crippen LogP contribution in [-0.4, -0.2) is 38.0 Å². The van der Waals surface area contributed by atoms with Gasteiger partial charge in [0.25, 0.3) is 0 Å². The molecule has 0 atom stereocenters. The topological polar surface area (TPSA) is 72.7 Å². The van der Waals surface area contributed by atoms with Crippen LogP contribution in [0.5, 0.6) is 0 Å². The summed E-state index contributed by atoms with van der Waals surface area (Å²) in [6.45, 7) is 9.74. The van der Waals surface area contributed by atoms with E-state index in [-0.39, 0.29) is 5.91 Å². The third-order valence-electron chi connectivity index (χ3n) is 3.35. The van der Waals surface area contributed by atoms with Gasteiger partial charge in [0.1, 0.15) is 0 Å². The van der Waals surface area contributed by atoms with Crippen molar-refractivity contribution in [2.24, 2.45) is 5.92 Å². The number of rotatable bonds is 7. The molecule has 23 heavy (non-hydrogen) atoms. The summed E-state index contributed by atoms with van der Waals surface area (Å²) in [6, 6.07) is 1.87. The lowest BCUT2D eigenvalue weighted by Gasteiger charge is -2.07. The molecule has 1 N–H and O–H groups in total. The van der Waals surface area contributed by atoms with Crippen LogP contribution in [0.25, 0.3) is 11.3 Å². The van der Waals surface area contributed by atoms with Crippen molar-refractivity contribution in [1.29, 1.82) is 0 Å². The van der Waals surface area contributed by atoms with E-state index in [9.17, 15) is 4.79 Å². The molecule has 6 nitrogen and oxygen atoms in total. The first kappa shape index (κ1) is 17.5. The van der Waals surface area contributed by atoms with Gasteiger partial charge in [0.2, 0.25) is 5.91 Å². The molecule has 1 amide bonds. The number of hydrogen-bond acceptors (Lipinski definition) is 5. The normalized spacial score (nSPS) is 11.0. The van der Waals surface area contributed by atoms with Gasteiger partial charge in [-0.25, -0.2) is 9.97 Å². The molecule has 0 saturated carbocycles. The van der Waals surface area contributed by atoms with Crippen molar-refractivity contribution in [3.63, 3.8) is 0 Å². The van der Waals surface area contributed by atoms with Gasteiger partial charge in [-0.15, -0.1) is 0 Å². The maximum absolute atomic E-state index is 11.8. The standard InChI is InChI=1S/C16H23N5OS/c1-5-21-12(4)13(9-19-21)14-6-7-17-16(20-14)23-10-15(22)18-8-11(2)3/h6-7,9,11H,5,8,10H2,1-4H3,(H,18,22). The first-order valence-electron chi connectivity index (χ1n) is 7.76. The molecule has 0 saturated heterocycles. The minimum atomic E-state index is 0.00712. The molecule has 2 rings (SSSR count). The Balaban J connectivity index is 2.02. The summed E-state index contributed by atoms with van der Waals surface area (Å²) in [6.07, 6.45) is 3.55. The maximum Gasteiger partial charge on any atom is 0.230 e. The fraction of sp³-hybridized carbons (Fsp3) is 0.500. The monoisotopic (exact) mass is 333 g/mol. The second-order valence-corrected chi connectivity index (χ2v) is 6.61. The van der Waals surface area contributed by atoms with Crippen molar-refractivity contribution >= 4 is 17.7 Å². The Morgan fingerprint density at radius 2 is 2.22 bits per heavy atom. The van der Waals surface area contributed by atoms with E-state index in [0.717, 1.165) is 23.5 Å². The number of aromatic nitrogens is 4. The van der Waals surface area contributed by atoms with Crippen molar-refractivity contribution in [1.82, 2.24) is 25.1 Å². The average Bonchev–Trinajstić information content (AvgIpc) is 2.92. The number of aryl methyl sites for hydroxylation is 1. The highest BCUT2D eigenvalue weighted by Crippen LogP contribution is 2.23. The largest absolute Gasteiger partial charge is 0.355 e. The SMILES string of the molecule is CCn1ncc(-c2ccnc(SCC(=O)NCC(C)C)n2)c1C. The molecule has 0 fully saturated rings. The van der Waals surface area contributed by atoms with Gasteiger partial charge in [-0.2, -0.15) is 5.10 Å². The third kappa shape index (κ3) is 4.79. The Bertz CT molecular complexity index is 668. The van der Waals surface area contributed by atoms with Crippen LogP contribution in [0.3, 0.4) is 0 Å². The van der Waals surface area contributed by atoms with Crippen LogP contribution in [0.2, 0.25) is 0 Å². The van der Waals surface area contributed by atoms with E-state index in [0.29, 0.717) is 23.4 Å². The minimum absolute atomic E-state index is 0.00712. The van der Waals surface area contributed by atoms with Crippen molar-refractivity contribution in [2.75, 3.05) is 12.3 Å². The first-order chi connectivity index (χ1) is 11.0. The molecule has 0 radical (unpaired) electrons. The number of nitrogens with zero attached hydrogens (tertiary/aromatic N) is 4. The number of thioether (sulfide) groups is 1. The van der Waals surface area contributed by atoms with Gasteiger partial charge in [-0.1, -0.05) is 25.6 Å². The third-order valence-corrected chi connectivity index (χ3v) is 4.21. The summed E-state index contributed by atoms with van der Waals surface area (Å²) in [7, 11) is 0.